The second-order valence-corrected chi connectivity index (χ2v) is 6.82. The van der Waals surface area contributed by atoms with Gasteiger partial charge in [-0.15, -0.1) is 0 Å². The van der Waals surface area contributed by atoms with Gasteiger partial charge in [-0.2, -0.15) is 0 Å². The smallest absolute Gasteiger partial charge is 0.403 e. The van der Waals surface area contributed by atoms with Crippen molar-refractivity contribution in [3.05, 3.63) is 35.9 Å². The molecule has 3 heteroatoms. The van der Waals surface area contributed by atoms with E-state index in [1.807, 2.05) is 0 Å². The second kappa shape index (κ2) is 5.91. The summed E-state index contributed by atoms with van der Waals surface area (Å²) in [4.78, 5) is 0. The predicted octanol–water partition coefficient (Wildman–Crippen LogP) is 4.49. The molecule has 0 amide bonds. The Balaban J connectivity index is 1.96. The van der Waals surface area contributed by atoms with Crippen molar-refractivity contribution >= 4 is 7.12 Å². The highest BCUT2D eigenvalue weighted by molar-refractivity contribution is 6.47. The lowest BCUT2D eigenvalue weighted by Crippen LogP contribution is -2.41. The molecule has 0 saturated carbocycles. The van der Waals surface area contributed by atoms with Gasteiger partial charge in [-0.25, -0.2) is 0 Å². The second-order valence-electron chi connectivity index (χ2n) is 6.82. The van der Waals surface area contributed by atoms with Gasteiger partial charge < -0.3 is 9.31 Å². The van der Waals surface area contributed by atoms with Crippen LogP contribution in [0.1, 0.15) is 53.0 Å². The van der Waals surface area contributed by atoms with Gasteiger partial charge in [0.2, 0.25) is 0 Å². The SMILES string of the molecule is CC[C@@H](CCc1ccccc1)B1OC(C)(C)C(C)(C)O1. The summed E-state index contributed by atoms with van der Waals surface area (Å²) in [5, 5.41) is 0. The topological polar surface area (TPSA) is 18.5 Å². The van der Waals surface area contributed by atoms with E-state index < -0.39 is 0 Å². The van der Waals surface area contributed by atoms with Crippen LogP contribution in [0.2, 0.25) is 5.82 Å². The molecule has 1 fully saturated rings. The quantitative estimate of drug-likeness (QED) is 0.736. The minimum absolute atomic E-state index is 0.0753. The number of rotatable bonds is 5. The van der Waals surface area contributed by atoms with Crippen molar-refractivity contribution in [1.82, 2.24) is 0 Å². The fourth-order valence-corrected chi connectivity index (χ4v) is 2.61. The van der Waals surface area contributed by atoms with Crippen molar-refractivity contribution in [2.75, 3.05) is 0 Å². The summed E-state index contributed by atoms with van der Waals surface area (Å²) >= 11 is 0. The van der Waals surface area contributed by atoms with Gasteiger partial charge >= 0.3 is 7.12 Å². The zero-order valence-corrected chi connectivity index (χ0v) is 13.5. The molecule has 1 atom stereocenters. The Hall–Kier alpha value is -0.795. The predicted molar refractivity (Wildman–Crippen MR) is 84.9 cm³/mol. The summed E-state index contributed by atoms with van der Waals surface area (Å²) < 4.78 is 12.4. The van der Waals surface area contributed by atoms with E-state index in [-0.39, 0.29) is 18.3 Å². The van der Waals surface area contributed by atoms with Crippen molar-refractivity contribution in [3.8, 4) is 0 Å². The average Bonchev–Trinajstić information content (AvgIpc) is 2.60. The van der Waals surface area contributed by atoms with E-state index in [1.165, 1.54) is 5.56 Å². The van der Waals surface area contributed by atoms with Crippen LogP contribution in [-0.4, -0.2) is 18.3 Å². The van der Waals surface area contributed by atoms with E-state index in [2.05, 4.69) is 65.0 Å². The van der Waals surface area contributed by atoms with Crippen LogP contribution in [0.5, 0.6) is 0 Å². The highest BCUT2D eigenvalue weighted by atomic mass is 16.7. The fraction of sp³-hybridized carbons (Fsp3) is 0.647. The Morgan fingerprint density at radius 2 is 1.55 bits per heavy atom. The van der Waals surface area contributed by atoms with Gasteiger partial charge in [-0.05, 0) is 51.9 Å². The number of hydrogen-bond donors (Lipinski definition) is 0. The molecule has 20 heavy (non-hydrogen) atoms. The lowest BCUT2D eigenvalue weighted by molar-refractivity contribution is 0.00578. The van der Waals surface area contributed by atoms with Gasteiger partial charge in [0.1, 0.15) is 0 Å². The Bertz CT molecular complexity index is 412. The van der Waals surface area contributed by atoms with Crippen molar-refractivity contribution in [1.29, 1.82) is 0 Å². The average molecular weight is 274 g/mol. The van der Waals surface area contributed by atoms with Gasteiger partial charge in [0.05, 0.1) is 11.2 Å². The van der Waals surface area contributed by atoms with Gasteiger partial charge in [-0.3, -0.25) is 0 Å². The maximum Gasteiger partial charge on any atom is 0.461 e. The van der Waals surface area contributed by atoms with Crippen LogP contribution in [0.3, 0.4) is 0 Å². The normalized spacial score (nSPS) is 21.9. The van der Waals surface area contributed by atoms with Crippen molar-refractivity contribution in [3.63, 3.8) is 0 Å². The monoisotopic (exact) mass is 274 g/mol. The van der Waals surface area contributed by atoms with E-state index in [4.69, 9.17) is 9.31 Å². The Morgan fingerprint density at radius 1 is 1.00 bits per heavy atom. The summed E-state index contributed by atoms with van der Waals surface area (Å²) in [5.41, 5.74) is 0.942. The third kappa shape index (κ3) is 3.26. The molecule has 0 aliphatic carbocycles. The zero-order chi connectivity index (χ0) is 14.8. The first kappa shape index (κ1) is 15.6. The summed E-state index contributed by atoms with van der Waals surface area (Å²) in [6.45, 7) is 10.7. The lowest BCUT2D eigenvalue weighted by Gasteiger charge is -2.32. The highest BCUT2D eigenvalue weighted by Gasteiger charge is 2.53. The first-order valence-electron chi connectivity index (χ1n) is 7.75. The molecule has 1 saturated heterocycles. The highest BCUT2D eigenvalue weighted by Crippen LogP contribution is 2.41. The lowest BCUT2D eigenvalue weighted by atomic mass is 9.67. The summed E-state index contributed by atoms with van der Waals surface area (Å²) in [5.74, 6) is 0.455. The summed E-state index contributed by atoms with van der Waals surface area (Å²) in [6, 6.07) is 10.7. The molecule has 1 aliphatic rings. The van der Waals surface area contributed by atoms with E-state index in [9.17, 15) is 0 Å². The Labute approximate surface area is 124 Å². The minimum Gasteiger partial charge on any atom is -0.403 e. The van der Waals surface area contributed by atoms with Crippen molar-refractivity contribution < 1.29 is 9.31 Å². The van der Waals surface area contributed by atoms with Gasteiger partial charge in [0.15, 0.2) is 0 Å². The van der Waals surface area contributed by atoms with Crippen molar-refractivity contribution in [2.24, 2.45) is 0 Å². The van der Waals surface area contributed by atoms with Crippen LogP contribution in [0.25, 0.3) is 0 Å². The van der Waals surface area contributed by atoms with Crippen LogP contribution in [0.4, 0.5) is 0 Å². The molecule has 0 aromatic heterocycles. The molecule has 0 radical (unpaired) electrons. The van der Waals surface area contributed by atoms with Crippen LogP contribution >= 0.6 is 0 Å². The summed E-state index contributed by atoms with van der Waals surface area (Å²) in [7, 11) is -0.0753. The number of aryl methyl sites for hydroxylation is 1. The fourth-order valence-electron chi connectivity index (χ4n) is 2.61. The van der Waals surface area contributed by atoms with Crippen LogP contribution < -0.4 is 0 Å². The third-order valence-corrected chi connectivity index (χ3v) is 4.83. The Kier molecular flexibility index (Phi) is 4.60. The summed E-state index contributed by atoms with van der Waals surface area (Å²) in [6.07, 6.45) is 3.28. The Morgan fingerprint density at radius 3 is 2.05 bits per heavy atom. The molecule has 110 valence electrons. The first-order chi connectivity index (χ1) is 9.36. The van der Waals surface area contributed by atoms with E-state index in [1.54, 1.807) is 0 Å². The molecule has 1 aromatic carbocycles. The van der Waals surface area contributed by atoms with Crippen LogP contribution in [-0.2, 0) is 15.7 Å². The molecular formula is C17H27BO2. The zero-order valence-electron chi connectivity index (χ0n) is 13.5. The maximum atomic E-state index is 6.18. The van der Waals surface area contributed by atoms with E-state index in [0.717, 1.165) is 19.3 Å². The molecule has 0 N–H and O–H groups in total. The van der Waals surface area contributed by atoms with E-state index >= 15 is 0 Å². The minimum atomic E-state index is -0.224. The molecule has 2 nitrogen and oxygen atoms in total. The molecule has 0 unspecified atom stereocenters. The largest absolute Gasteiger partial charge is 0.461 e. The van der Waals surface area contributed by atoms with E-state index in [0.29, 0.717) is 5.82 Å². The number of benzene rings is 1. The molecule has 0 spiro atoms. The third-order valence-electron chi connectivity index (χ3n) is 4.83. The van der Waals surface area contributed by atoms with Gasteiger partial charge in [0, 0.05) is 0 Å². The van der Waals surface area contributed by atoms with Gasteiger partial charge in [-0.1, -0.05) is 43.7 Å². The molecular weight excluding hydrogens is 247 g/mol. The number of hydrogen-bond acceptors (Lipinski definition) is 2. The first-order valence-corrected chi connectivity index (χ1v) is 7.75. The van der Waals surface area contributed by atoms with Crippen LogP contribution in [0, 0.1) is 0 Å². The molecule has 1 aliphatic heterocycles. The molecule has 0 bridgehead atoms. The van der Waals surface area contributed by atoms with Gasteiger partial charge in [0.25, 0.3) is 0 Å². The molecule has 1 heterocycles. The molecule has 1 aromatic rings. The molecule has 2 rings (SSSR count). The standard InChI is InChI=1S/C17H27BO2/c1-6-15(13-12-14-10-8-7-9-11-14)18-19-16(2,3)17(4,5)20-18/h7-11,15H,6,12-13H2,1-5H3/t15-/m0/s1. The maximum absolute atomic E-state index is 6.18. The van der Waals surface area contributed by atoms with Crippen molar-refractivity contribution in [2.45, 2.75) is 70.9 Å². The van der Waals surface area contributed by atoms with Crippen LogP contribution in [0.15, 0.2) is 30.3 Å².